The van der Waals surface area contributed by atoms with E-state index >= 15 is 0 Å². The maximum absolute atomic E-state index is 6.17. The van der Waals surface area contributed by atoms with Crippen molar-refractivity contribution in [3.05, 3.63) is 34.9 Å². The van der Waals surface area contributed by atoms with Gasteiger partial charge in [-0.25, -0.2) is 0 Å². The molecule has 98 valence electrons. The molecule has 1 aromatic rings. The van der Waals surface area contributed by atoms with Gasteiger partial charge in [0, 0.05) is 22.7 Å². The second-order valence-corrected chi connectivity index (χ2v) is 7.44. The van der Waals surface area contributed by atoms with Crippen LogP contribution in [0.1, 0.15) is 31.2 Å². The van der Waals surface area contributed by atoms with E-state index in [1.807, 2.05) is 6.07 Å². The Hall–Kier alpha value is -0.180. The molecule has 2 fully saturated rings. The molecule has 18 heavy (non-hydrogen) atoms. The summed E-state index contributed by atoms with van der Waals surface area (Å²) in [6, 6.07) is 8.48. The van der Waals surface area contributed by atoms with Crippen molar-refractivity contribution in [2.45, 2.75) is 30.9 Å². The summed E-state index contributed by atoms with van der Waals surface area (Å²) in [5, 5.41) is 5.21. The monoisotopic (exact) mass is 281 g/mol. The molecule has 0 radical (unpaired) electrons. The zero-order valence-corrected chi connectivity index (χ0v) is 12.4. The third-order valence-corrected chi connectivity index (χ3v) is 6.45. The van der Waals surface area contributed by atoms with Crippen LogP contribution in [0.5, 0.6) is 0 Å². The van der Waals surface area contributed by atoms with Crippen LogP contribution in [0.25, 0.3) is 0 Å². The van der Waals surface area contributed by atoms with E-state index in [2.05, 4.69) is 42.2 Å². The van der Waals surface area contributed by atoms with E-state index in [1.54, 1.807) is 0 Å². The molecule has 0 saturated carbocycles. The summed E-state index contributed by atoms with van der Waals surface area (Å²) in [4.78, 5) is 0. The van der Waals surface area contributed by atoms with Crippen LogP contribution < -0.4 is 5.32 Å². The van der Waals surface area contributed by atoms with Crippen LogP contribution in [0.15, 0.2) is 24.3 Å². The molecule has 0 aliphatic carbocycles. The summed E-state index contributed by atoms with van der Waals surface area (Å²) in [7, 11) is 0. The Labute approximate surface area is 119 Å². The smallest absolute Gasteiger partial charge is 0.0408 e. The highest BCUT2D eigenvalue weighted by Crippen LogP contribution is 2.55. The highest BCUT2D eigenvalue weighted by molar-refractivity contribution is 8.00. The second-order valence-electron chi connectivity index (χ2n) is 5.56. The van der Waals surface area contributed by atoms with E-state index in [4.69, 9.17) is 11.6 Å². The van der Waals surface area contributed by atoms with Gasteiger partial charge in [-0.1, -0.05) is 30.7 Å². The Morgan fingerprint density at radius 1 is 1.39 bits per heavy atom. The highest BCUT2D eigenvalue weighted by Gasteiger charge is 2.48. The number of rotatable bonds is 1. The second kappa shape index (κ2) is 5.07. The Bertz CT molecular complexity index is 436. The standard InChI is InChI=1S/C15H20ClNS/c1-11-15(6-8-18-11)5-7-17-10-14(15)12-3-2-4-13(16)9-12/h2-4,9,11,14,17H,5-8,10H2,1H3. The first-order valence-electron chi connectivity index (χ1n) is 6.80. The first-order valence-corrected chi connectivity index (χ1v) is 8.23. The van der Waals surface area contributed by atoms with Crippen molar-refractivity contribution >= 4 is 23.4 Å². The molecule has 1 spiro atoms. The molecule has 2 aliphatic heterocycles. The Kier molecular flexibility index (Phi) is 3.61. The molecule has 0 amide bonds. The maximum atomic E-state index is 6.17. The molecule has 3 rings (SSSR count). The fourth-order valence-corrected chi connectivity index (χ4v) is 5.48. The molecule has 2 aliphatic rings. The average molecular weight is 282 g/mol. The zero-order chi connectivity index (χ0) is 12.6. The zero-order valence-electron chi connectivity index (χ0n) is 10.8. The Morgan fingerprint density at radius 3 is 3.00 bits per heavy atom. The molecule has 1 aromatic carbocycles. The molecular formula is C15H20ClNS. The van der Waals surface area contributed by atoms with Gasteiger partial charge in [0.2, 0.25) is 0 Å². The van der Waals surface area contributed by atoms with Gasteiger partial charge in [-0.05, 0) is 48.3 Å². The molecule has 2 heterocycles. The van der Waals surface area contributed by atoms with Crippen molar-refractivity contribution in [2.24, 2.45) is 5.41 Å². The largest absolute Gasteiger partial charge is 0.316 e. The molecule has 2 saturated heterocycles. The summed E-state index contributed by atoms with van der Waals surface area (Å²) in [6.07, 6.45) is 2.66. The van der Waals surface area contributed by atoms with Crippen LogP contribution in [0, 0.1) is 5.41 Å². The molecule has 0 bridgehead atoms. The summed E-state index contributed by atoms with van der Waals surface area (Å²) in [5.74, 6) is 1.94. The lowest BCUT2D eigenvalue weighted by Crippen LogP contribution is -2.46. The van der Waals surface area contributed by atoms with E-state index in [-0.39, 0.29) is 0 Å². The van der Waals surface area contributed by atoms with Gasteiger partial charge in [-0.3, -0.25) is 0 Å². The number of thioether (sulfide) groups is 1. The fraction of sp³-hybridized carbons (Fsp3) is 0.600. The number of piperidine rings is 1. The highest BCUT2D eigenvalue weighted by atomic mass is 35.5. The van der Waals surface area contributed by atoms with Gasteiger partial charge >= 0.3 is 0 Å². The lowest BCUT2D eigenvalue weighted by Gasteiger charge is -2.45. The third-order valence-electron chi connectivity index (χ3n) is 4.81. The van der Waals surface area contributed by atoms with Crippen LogP contribution in [0.4, 0.5) is 0 Å². The minimum Gasteiger partial charge on any atom is -0.316 e. The van der Waals surface area contributed by atoms with Gasteiger partial charge in [0.25, 0.3) is 0 Å². The topological polar surface area (TPSA) is 12.0 Å². The van der Waals surface area contributed by atoms with Crippen LogP contribution in [0.2, 0.25) is 5.02 Å². The van der Waals surface area contributed by atoms with Crippen molar-refractivity contribution in [1.29, 1.82) is 0 Å². The van der Waals surface area contributed by atoms with Crippen molar-refractivity contribution in [3.8, 4) is 0 Å². The predicted molar refractivity (Wildman–Crippen MR) is 80.6 cm³/mol. The SMILES string of the molecule is CC1SCCC12CCNCC2c1cccc(Cl)c1. The molecule has 1 nitrogen and oxygen atoms in total. The van der Waals surface area contributed by atoms with Gasteiger partial charge in [0.1, 0.15) is 0 Å². The van der Waals surface area contributed by atoms with Crippen molar-refractivity contribution < 1.29 is 0 Å². The predicted octanol–water partition coefficient (Wildman–Crippen LogP) is 3.93. The Morgan fingerprint density at radius 2 is 2.28 bits per heavy atom. The third kappa shape index (κ3) is 2.09. The molecule has 1 N–H and O–H groups in total. The molecule has 0 aromatic heterocycles. The first-order chi connectivity index (χ1) is 8.72. The van der Waals surface area contributed by atoms with Gasteiger partial charge in [0.05, 0.1) is 0 Å². The van der Waals surface area contributed by atoms with Gasteiger partial charge in [-0.15, -0.1) is 0 Å². The maximum Gasteiger partial charge on any atom is 0.0408 e. The van der Waals surface area contributed by atoms with Gasteiger partial charge in [-0.2, -0.15) is 11.8 Å². The van der Waals surface area contributed by atoms with Crippen LogP contribution in [0.3, 0.4) is 0 Å². The van der Waals surface area contributed by atoms with Crippen LogP contribution >= 0.6 is 23.4 Å². The van der Waals surface area contributed by atoms with E-state index in [0.717, 1.165) is 16.8 Å². The molecular weight excluding hydrogens is 262 g/mol. The van der Waals surface area contributed by atoms with Crippen molar-refractivity contribution in [3.63, 3.8) is 0 Å². The molecule has 3 atom stereocenters. The quantitative estimate of drug-likeness (QED) is 0.837. The average Bonchev–Trinajstić information content (AvgIpc) is 2.72. The Balaban J connectivity index is 1.97. The van der Waals surface area contributed by atoms with E-state index in [9.17, 15) is 0 Å². The number of benzene rings is 1. The summed E-state index contributed by atoms with van der Waals surface area (Å²) in [6.45, 7) is 4.69. The first kappa shape index (κ1) is 12.8. The molecule has 3 heteroatoms. The number of halogens is 1. The van der Waals surface area contributed by atoms with Gasteiger partial charge < -0.3 is 5.32 Å². The minimum absolute atomic E-state index is 0.487. The van der Waals surface area contributed by atoms with Crippen LogP contribution in [-0.2, 0) is 0 Å². The van der Waals surface area contributed by atoms with E-state index in [0.29, 0.717) is 11.3 Å². The number of nitrogens with one attached hydrogen (secondary N) is 1. The number of hydrogen-bond acceptors (Lipinski definition) is 2. The number of hydrogen-bond donors (Lipinski definition) is 1. The van der Waals surface area contributed by atoms with E-state index in [1.165, 1.54) is 30.7 Å². The van der Waals surface area contributed by atoms with Gasteiger partial charge in [0.15, 0.2) is 0 Å². The van der Waals surface area contributed by atoms with Crippen molar-refractivity contribution in [1.82, 2.24) is 5.32 Å². The minimum atomic E-state index is 0.487. The fourth-order valence-electron chi connectivity index (χ4n) is 3.70. The van der Waals surface area contributed by atoms with Crippen LogP contribution in [-0.4, -0.2) is 24.1 Å². The lowest BCUT2D eigenvalue weighted by atomic mass is 9.64. The van der Waals surface area contributed by atoms with E-state index < -0.39 is 0 Å². The lowest BCUT2D eigenvalue weighted by molar-refractivity contribution is 0.166. The summed E-state index contributed by atoms with van der Waals surface area (Å²) in [5.41, 5.74) is 1.91. The summed E-state index contributed by atoms with van der Waals surface area (Å²) < 4.78 is 0. The molecule has 3 unspecified atom stereocenters. The summed E-state index contributed by atoms with van der Waals surface area (Å²) >= 11 is 8.31. The van der Waals surface area contributed by atoms with Crippen molar-refractivity contribution in [2.75, 3.05) is 18.8 Å². The normalized spacial score (nSPS) is 36.1.